The van der Waals surface area contributed by atoms with Gasteiger partial charge in [0.15, 0.2) is 0 Å². The van der Waals surface area contributed by atoms with Gasteiger partial charge >= 0.3 is 0 Å². The van der Waals surface area contributed by atoms with E-state index in [1.54, 1.807) is 7.11 Å². The van der Waals surface area contributed by atoms with E-state index >= 15 is 0 Å². The van der Waals surface area contributed by atoms with Crippen molar-refractivity contribution in [1.29, 1.82) is 0 Å². The maximum atomic E-state index is 12.3. The van der Waals surface area contributed by atoms with Crippen LogP contribution in [0, 0.1) is 0 Å². The zero-order chi connectivity index (χ0) is 19.2. The van der Waals surface area contributed by atoms with Gasteiger partial charge in [-0.15, -0.1) is 0 Å². The summed E-state index contributed by atoms with van der Waals surface area (Å²) in [5, 5.41) is 2.97. The lowest BCUT2D eigenvalue weighted by atomic mass is 10.1. The van der Waals surface area contributed by atoms with Crippen molar-refractivity contribution in [2.24, 2.45) is 0 Å². The van der Waals surface area contributed by atoms with Gasteiger partial charge < -0.3 is 15.0 Å². The highest BCUT2D eigenvalue weighted by atomic mass is 16.5. The number of nitrogens with one attached hydrogen (secondary N) is 1. The number of rotatable bonds is 6. The van der Waals surface area contributed by atoms with Gasteiger partial charge in [0, 0.05) is 43.6 Å². The van der Waals surface area contributed by atoms with E-state index < -0.39 is 0 Å². The molecule has 0 bridgehead atoms. The maximum Gasteiger partial charge on any atom is 0.228 e. The van der Waals surface area contributed by atoms with Crippen molar-refractivity contribution in [1.82, 2.24) is 4.90 Å². The molecule has 1 amide bonds. The number of hydrogen-bond donors (Lipinski definition) is 1. The van der Waals surface area contributed by atoms with Gasteiger partial charge in [-0.05, 0) is 55.8 Å². The third kappa shape index (κ3) is 5.23. The molecule has 0 aliphatic carbocycles. The van der Waals surface area contributed by atoms with E-state index in [4.69, 9.17) is 4.74 Å². The van der Waals surface area contributed by atoms with Crippen LogP contribution in [-0.4, -0.2) is 50.1 Å². The quantitative estimate of drug-likeness (QED) is 0.850. The minimum atomic E-state index is -0.0153. The first kappa shape index (κ1) is 19.2. The van der Waals surface area contributed by atoms with Gasteiger partial charge in [-0.1, -0.05) is 12.1 Å². The van der Waals surface area contributed by atoms with Crippen LogP contribution in [0.3, 0.4) is 0 Å². The van der Waals surface area contributed by atoms with Gasteiger partial charge in [-0.2, -0.15) is 0 Å². The summed E-state index contributed by atoms with van der Waals surface area (Å²) in [6.45, 7) is 8.77. The molecular formula is C22H29N3O2. The smallest absolute Gasteiger partial charge is 0.228 e. The number of benzene rings is 2. The number of methoxy groups -OCH3 is 1. The fraction of sp³-hybridized carbons (Fsp3) is 0.409. The van der Waals surface area contributed by atoms with Crippen molar-refractivity contribution in [3.05, 3.63) is 54.1 Å². The van der Waals surface area contributed by atoms with E-state index in [-0.39, 0.29) is 5.91 Å². The van der Waals surface area contributed by atoms with Gasteiger partial charge in [-0.3, -0.25) is 9.69 Å². The Bertz CT molecular complexity index is 733. The second-order valence-electron chi connectivity index (χ2n) is 7.24. The third-order valence-electron chi connectivity index (χ3n) is 5.08. The van der Waals surface area contributed by atoms with Crippen molar-refractivity contribution in [3.63, 3.8) is 0 Å². The molecule has 1 heterocycles. The van der Waals surface area contributed by atoms with Crippen molar-refractivity contribution in [2.75, 3.05) is 43.5 Å². The monoisotopic (exact) mass is 367 g/mol. The lowest BCUT2D eigenvalue weighted by molar-refractivity contribution is -0.115. The molecule has 0 atom stereocenters. The lowest BCUT2D eigenvalue weighted by Crippen LogP contribution is -2.48. The Kier molecular flexibility index (Phi) is 6.35. The Morgan fingerprint density at radius 1 is 1.00 bits per heavy atom. The van der Waals surface area contributed by atoms with E-state index in [0.717, 1.165) is 43.2 Å². The highest BCUT2D eigenvalue weighted by Crippen LogP contribution is 2.20. The van der Waals surface area contributed by atoms with E-state index in [0.29, 0.717) is 12.5 Å². The first-order valence-electron chi connectivity index (χ1n) is 9.57. The Balaban J connectivity index is 1.52. The second-order valence-corrected chi connectivity index (χ2v) is 7.24. The molecule has 1 fully saturated rings. The zero-order valence-corrected chi connectivity index (χ0v) is 16.4. The summed E-state index contributed by atoms with van der Waals surface area (Å²) in [6, 6.07) is 16.3. The molecule has 1 aliphatic heterocycles. The van der Waals surface area contributed by atoms with Crippen molar-refractivity contribution < 1.29 is 9.53 Å². The van der Waals surface area contributed by atoms with Gasteiger partial charge in [0.05, 0.1) is 13.5 Å². The number of piperazine rings is 1. The number of hydrogen-bond acceptors (Lipinski definition) is 4. The third-order valence-corrected chi connectivity index (χ3v) is 5.08. The molecule has 0 radical (unpaired) electrons. The summed E-state index contributed by atoms with van der Waals surface area (Å²) in [5.74, 6) is 0.780. The van der Waals surface area contributed by atoms with E-state index in [1.807, 2.05) is 36.4 Å². The Labute approximate surface area is 161 Å². The normalized spacial score (nSPS) is 15.0. The fourth-order valence-corrected chi connectivity index (χ4v) is 3.39. The number of carbonyl (C=O) groups excluding carboxylic acids is 1. The average Bonchev–Trinajstić information content (AvgIpc) is 2.69. The summed E-state index contributed by atoms with van der Waals surface area (Å²) >= 11 is 0. The summed E-state index contributed by atoms with van der Waals surface area (Å²) in [6.07, 6.45) is 0.350. The molecule has 5 nitrogen and oxygen atoms in total. The van der Waals surface area contributed by atoms with E-state index in [2.05, 4.69) is 41.1 Å². The number of anilines is 2. The number of carbonyl (C=O) groups is 1. The first-order chi connectivity index (χ1) is 13.0. The van der Waals surface area contributed by atoms with Gasteiger partial charge in [0.2, 0.25) is 5.91 Å². The molecule has 1 aliphatic rings. The molecule has 0 unspecified atom stereocenters. The molecule has 27 heavy (non-hydrogen) atoms. The van der Waals surface area contributed by atoms with Crippen LogP contribution in [0.15, 0.2) is 48.5 Å². The van der Waals surface area contributed by atoms with Crippen molar-refractivity contribution in [2.45, 2.75) is 26.3 Å². The molecule has 1 saturated heterocycles. The fourth-order valence-electron chi connectivity index (χ4n) is 3.39. The van der Waals surface area contributed by atoms with Crippen LogP contribution in [0.1, 0.15) is 19.4 Å². The van der Waals surface area contributed by atoms with Crippen LogP contribution in [0.2, 0.25) is 0 Å². The van der Waals surface area contributed by atoms with Crippen LogP contribution >= 0.6 is 0 Å². The van der Waals surface area contributed by atoms with Crippen molar-refractivity contribution in [3.8, 4) is 5.75 Å². The van der Waals surface area contributed by atoms with Crippen LogP contribution in [-0.2, 0) is 11.2 Å². The molecule has 1 N–H and O–H groups in total. The highest BCUT2D eigenvalue weighted by molar-refractivity contribution is 5.92. The molecule has 0 saturated carbocycles. The zero-order valence-electron chi connectivity index (χ0n) is 16.4. The Morgan fingerprint density at radius 3 is 2.19 bits per heavy atom. The average molecular weight is 367 g/mol. The summed E-state index contributed by atoms with van der Waals surface area (Å²) in [4.78, 5) is 17.2. The van der Waals surface area contributed by atoms with Gasteiger partial charge in [0.25, 0.3) is 0 Å². The second kappa shape index (κ2) is 8.91. The number of amides is 1. The predicted octanol–water partition coefficient (Wildman–Crippen LogP) is 3.41. The minimum absolute atomic E-state index is 0.0153. The highest BCUT2D eigenvalue weighted by Gasteiger charge is 2.18. The molecular weight excluding hydrogens is 338 g/mol. The van der Waals surface area contributed by atoms with Gasteiger partial charge in [-0.25, -0.2) is 0 Å². The lowest BCUT2D eigenvalue weighted by Gasteiger charge is -2.38. The SMILES string of the molecule is COc1ccc(CC(=O)Nc2ccc(N3CCN(C(C)C)CC3)cc2)cc1. The van der Waals surface area contributed by atoms with Crippen LogP contribution in [0.25, 0.3) is 0 Å². The Morgan fingerprint density at radius 2 is 1.63 bits per heavy atom. The van der Waals surface area contributed by atoms with E-state index in [9.17, 15) is 4.79 Å². The molecule has 5 heteroatoms. The van der Waals surface area contributed by atoms with Crippen molar-refractivity contribution >= 4 is 17.3 Å². The Hall–Kier alpha value is -2.53. The van der Waals surface area contributed by atoms with E-state index in [1.165, 1.54) is 5.69 Å². The predicted molar refractivity (Wildman–Crippen MR) is 111 cm³/mol. The molecule has 0 aromatic heterocycles. The summed E-state index contributed by atoms with van der Waals surface area (Å²) in [5.41, 5.74) is 3.01. The molecule has 3 rings (SSSR count). The minimum Gasteiger partial charge on any atom is -0.497 e. The topological polar surface area (TPSA) is 44.8 Å². The molecule has 2 aromatic carbocycles. The first-order valence-corrected chi connectivity index (χ1v) is 9.57. The summed E-state index contributed by atoms with van der Waals surface area (Å²) < 4.78 is 5.14. The maximum absolute atomic E-state index is 12.3. The molecule has 0 spiro atoms. The van der Waals surface area contributed by atoms with Crippen LogP contribution < -0.4 is 15.0 Å². The number of nitrogens with zero attached hydrogens (tertiary/aromatic N) is 2. The molecule has 2 aromatic rings. The standard InChI is InChI=1S/C22H29N3O2/c1-17(2)24-12-14-25(15-13-24)20-8-6-19(7-9-20)23-22(26)16-18-4-10-21(27-3)11-5-18/h4-11,17H,12-16H2,1-3H3,(H,23,26). The van der Waals surface area contributed by atoms with Crippen LogP contribution in [0.5, 0.6) is 5.75 Å². The largest absolute Gasteiger partial charge is 0.497 e. The summed E-state index contributed by atoms with van der Waals surface area (Å²) in [7, 11) is 1.63. The molecule has 144 valence electrons. The van der Waals surface area contributed by atoms with Crippen LogP contribution in [0.4, 0.5) is 11.4 Å². The number of ether oxygens (including phenoxy) is 1. The van der Waals surface area contributed by atoms with Gasteiger partial charge in [0.1, 0.15) is 5.75 Å².